The zero-order valence-electron chi connectivity index (χ0n) is 10.1. The Bertz CT molecular complexity index is 449. The number of unbranched alkanes of at least 4 members (excludes halogenated alkanes) is 1. The van der Waals surface area contributed by atoms with Crippen molar-refractivity contribution in [2.75, 3.05) is 13.2 Å². The summed E-state index contributed by atoms with van der Waals surface area (Å²) in [7, 11) is 0. The summed E-state index contributed by atoms with van der Waals surface area (Å²) >= 11 is 0. The number of carbonyl (C=O) groups excluding carboxylic acids is 1. The van der Waals surface area contributed by atoms with Crippen LogP contribution in [0.2, 0.25) is 0 Å². The Labute approximate surface area is 106 Å². The van der Waals surface area contributed by atoms with Crippen molar-refractivity contribution >= 4 is 6.29 Å². The first-order valence-corrected chi connectivity index (χ1v) is 5.75. The number of nitroso groups, excluding NO2 is 1. The molecule has 0 radical (unpaired) electrons. The molecular weight excluding hydrogens is 230 g/mol. The summed E-state index contributed by atoms with van der Waals surface area (Å²) in [5.41, 5.74) is 1.42. The maximum Gasteiger partial charge on any atom is 0.150 e. The van der Waals surface area contributed by atoms with Crippen molar-refractivity contribution in [1.82, 2.24) is 0 Å². The molecule has 1 aromatic rings. The summed E-state index contributed by atoms with van der Waals surface area (Å²) in [4.78, 5) is 20.9. The third-order valence-corrected chi connectivity index (χ3v) is 2.42. The highest BCUT2D eigenvalue weighted by molar-refractivity contribution is 5.75. The highest BCUT2D eigenvalue weighted by Gasteiger charge is 2.05. The number of terminal acetylenes is 1. The second-order valence-corrected chi connectivity index (χ2v) is 3.74. The van der Waals surface area contributed by atoms with Gasteiger partial charge >= 0.3 is 0 Å². The molecule has 0 atom stereocenters. The molecule has 0 fully saturated rings. The number of ether oxygens (including phenoxy) is 1. The van der Waals surface area contributed by atoms with Gasteiger partial charge in [0.25, 0.3) is 0 Å². The lowest BCUT2D eigenvalue weighted by Gasteiger charge is -2.10. The van der Waals surface area contributed by atoms with Crippen molar-refractivity contribution in [2.24, 2.45) is 5.18 Å². The van der Waals surface area contributed by atoms with E-state index < -0.39 is 0 Å². The third kappa shape index (κ3) is 4.38. The quantitative estimate of drug-likeness (QED) is 0.306. The molecule has 0 aromatic heterocycles. The highest BCUT2D eigenvalue weighted by atomic mass is 16.5. The number of carbonyl (C=O) groups is 1. The standard InChI is InChI=1S/C14H15NO3/c1-2-3-4-9-18-14-10-12(11-16)5-6-13(14)7-8-15-17/h1,5-6,10-11H,3-4,7-9H2. The summed E-state index contributed by atoms with van der Waals surface area (Å²) in [6.45, 7) is 0.690. The van der Waals surface area contributed by atoms with Gasteiger partial charge < -0.3 is 4.74 Å². The van der Waals surface area contributed by atoms with Gasteiger partial charge in [-0.15, -0.1) is 12.3 Å². The van der Waals surface area contributed by atoms with E-state index in [1.807, 2.05) is 0 Å². The number of hydrogen-bond acceptors (Lipinski definition) is 4. The van der Waals surface area contributed by atoms with E-state index >= 15 is 0 Å². The first-order chi connectivity index (χ1) is 8.81. The molecule has 94 valence electrons. The molecule has 0 unspecified atom stereocenters. The second kappa shape index (κ2) is 8.02. The largest absolute Gasteiger partial charge is 0.493 e. The summed E-state index contributed by atoms with van der Waals surface area (Å²) in [5.74, 6) is 3.16. The molecule has 0 aliphatic heterocycles. The normalized spacial score (nSPS) is 9.50. The molecule has 0 saturated heterocycles. The fourth-order valence-electron chi connectivity index (χ4n) is 1.51. The number of benzene rings is 1. The lowest BCUT2D eigenvalue weighted by atomic mass is 10.1. The Morgan fingerprint density at radius 3 is 2.94 bits per heavy atom. The zero-order valence-corrected chi connectivity index (χ0v) is 10.1. The summed E-state index contributed by atoms with van der Waals surface area (Å²) in [6, 6.07) is 5.15. The Morgan fingerprint density at radius 2 is 2.28 bits per heavy atom. The van der Waals surface area contributed by atoms with Crippen LogP contribution >= 0.6 is 0 Å². The maximum absolute atomic E-state index is 10.7. The molecule has 1 aromatic carbocycles. The average molecular weight is 245 g/mol. The minimum atomic E-state index is 0.196. The van der Waals surface area contributed by atoms with Gasteiger partial charge in [0.1, 0.15) is 12.0 Å². The molecule has 1 rings (SSSR count). The molecule has 0 saturated carbocycles. The maximum atomic E-state index is 10.7. The van der Waals surface area contributed by atoms with E-state index in [2.05, 4.69) is 11.1 Å². The smallest absolute Gasteiger partial charge is 0.150 e. The molecule has 0 heterocycles. The van der Waals surface area contributed by atoms with Crippen LogP contribution in [0.1, 0.15) is 28.8 Å². The van der Waals surface area contributed by atoms with Crippen molar-refractivity contribution in [3.05, 3.63) is 34.2 Å². The molecule has 0 bridgehead atoms. The zero-order chi connectivity index (χ0) is 13.2. The Morgan fingerprint density at radius 1 is 1.44 bits per heavy atom. The average Bonchev–Trinajstić information content (AvgIpc) is 2.42. The predicted octanol–water partition coefficient (Wildman–Crippen LogP) is 2.60. The first-order valence-electron chi connectivity index (χ1n) is 5.75. The number of rotatable bonds is 8. The van der Waals surface area contributed by atoms with E-state index in [1.54, 1.807) is 18.2 Å². The summed E-state index contributed by atoms with van der Waals surface area (Å²) in [5, 5.41) is 2.82. The third-order valence-electron chi connectivity index (χ3n) is 2.42. The molecule has 18 heavy (non-hydrogen) atoms. The van der Waals surface area contributed by atoms with Crippen LogP contribution in [-0.4, -0.2) is 19.4 Å². The summed E-state index contributed by atoms with van der Waals surface area (Å²) < 4.78 is 5.58. The lowest BCUT2D eigenvalue weighted by molar-refractivity contribution is 0.112. The number of aldehydes is 1. The molecule has 4 nitrogen and oxygen atoms in total. The van der Waals surface area contributed by atoms with Gasteiger partial charge in [0, 0.05) is 12.0 Å². The molecular formula is C14H15NO3. The van der Waals surface area contributed by atoms with Crippen molar-refractivity contribution < 1.29 is 9.53 Å². The lowest BCUT2D eigenvalue weighted by Crippen LogP contribution is -2.02. The number of hydrogen-bond donors (Lipinski definition) is 0. The van der Waals surface area contributed by atoms with Crippen molar-refractivity contribution in [3.8, 4) is 18.1 Å². The van der Waals surface area contributed by atoms with Crippen LogP contribution in [-0.2, 0) is 6.42 Å². The van der Waals surface area contributed by atoms with Gasteiger partial charge in [0.2, 0.25) is 0 Å². The SMILES string of the molecule is C#CCCCOc1cc(C=O)ccc1CCN=O. The Kier molecular flexibility index (Phi) is 6.20. The number of nitrogens with zero attached hydrogens (tertiary/aromatic N) is 1. The van der Waals surface area contributed by atoms with Gasteiger partial charge in [-0.3, -0.25) is 4.79 Å². The van der Waals surface area contributed by atoms with Gasteiger partial charge in [0.05, 0.1) is 13.2 Å². The van der Waals surface area contributed by atoms with E-state index in [0.29, 0.717) is 30.8 Å². The molecule has 0 spiro atoms. The van der Waals surface area contributed by atoms with Gasteiger partial charge in [0.15, 0.2) is 0 Å². The molecule has 0 amide bonds. The second-order valence-electron chi connectivity index (χ2n) is 3.74. The fourth-order valence-corrected chi connectivity index (χ4v) is 1.51. The van der Waals surface area contributed by atoms with E-state index in [1.165, 1.54) is 0 Å². The van der Waals surface area contributed by atoms with E-state index in [-0.39, 0.29) is 6.54 Å². The van der Waals surface area contributed by atoms with E-state index in [0.717, 1.165) is 18.3 Å². The van der Waals surface area contributed by atoms with Crippen LogP contribution < -0.4 is 4.74 Å². The summed E-state index contributed by atoms with van der Waals surface area (Å²) in [6.07, 6.45) is 7.83. The van der Waals surface area contributed by atoms with Crippen molar-refractivity contribution in [3.63, 3.8) is 0 Å². The fraction of sp³-hybridized carbons (Fsp3) is 0.357. The van der Waals surface area contributed by atoms with Gasteiger partial charge in [-0.1, -0.05) is 17.3 Å². The van der Waals surface area contributed by atoms with Gasteiger partial charge in [-0.2, -0.15) is 4.91 Å². The Hall–Kier alpha value is -2.15. The highest BCUT2D eigenvalue weighted by Crippen LogP contribution is 2.21. The minimum Gasteiger partial charge on any atom is -0.493 e. The molecule has 0 aliphatic carbocycles. The Balaban J connectivity index is 2.72. The van der Waals surface area contributed by atoms with Crippen molar-refractivity contribution in [2.45, 2.75) is 19.3 Å². The van der Waals surface area contributed by atoms with Gasteiger partial charge in [-0.25, -0.2) is 0 Å². The van der Waals surface area contributed by atoms with Crippen LogP contribution in [0.3, 0.4) is 0 Å². The molecule has 0 aliphatic rings. The first kappa shape index (κ1) is 13.9. The minimum absolute atomic E-state index is 0.196. The van der Waals surface area contributed by atoms with Crippen LogP contribution in [0.25, 0.3) is 0 Å². The topological polar surface area (TPSA) is 55.7 Å². The van der Waals surface area contributed by atoms with Crippen LogP contribution in [0.5, 0.6) is 5.75 Å². The van der Waals surface area contributed by atoms with E-state index in [9.17, 15) is 9.70 Å². The van der Waals surface area contributed by atoms with Crippen molar-refractivity contribution in [1.29, 1.82) is 0 Å². The molecule has 4 heteroatoms. The predicted molar refractivity (Wildman–Crippen MR) is 69.8 cm³/mol. The van der Waals surface area contributed by atoms with Crippen LogP contribution in [0.4, 0.5) is 0 Å². The monoisotopic (exact) mass is 245 g/mol. The van der Waals surface area contributed by atoms with Crippen LogP contribution in [0, 0.1) is 17.3 Å². The van der Waals surface area contributed by atoms with Gasteiger partial charge in [-0.05, 0) is 24.5 Å². The molecule has 0 N–H and O–H groups in total. The van der Waals surface area contributed by atoms with E-state index in [4.69, 9.17) is 11.2 Å². The van der Waals surface area contributed by atoms with Crippen LogP contribution in [0.15, 0.2) is 23.4 Å².